The van der Waals surface area contributed by atoms with Gasteiger partial charge in [-0.05, 0) is 30.2 Å². The van der Waals surface area contributed by atoms with Crippen molar-refractivity contribution in [2.45, 2.75) is 31.9 Å². The third-order valence-electron chi connectivity index (χ3n) is 3.51. The molecule has 0 saturated carbocycles. The number of likely N-dealkylation sites (tertiary alicyclic amines) is 1. The summed E-state index contributed by atoms with van der Waals surface area (Å²) < 4.78 is 24.6. The van der Waals surface area contributed by atoms with E-state index < -0.39 is 15.1 Å². The van der Waals surface area contributed by atoms with E-state index in [-0.39, 0.29) is 17.6 Å². The first-order valence-corrected chi connectivity index (χ1v) is 9.59. The number of piperidine rings is 1. The normalized spacial score (nSPS) is 20.4. The summed E-state index contributed by atoms with van der Waals surface area (Å²) >= 11 is 1.48. The molecule has 0 aliphatic carbocycles. The van der Waals surface area contributed by atoms with E-state index in [4.69, 9.17) is 0 Å². The standard InChI is InChI=1S/C14H21NO3S2/c1-11(2)10-20(17,18)13-4-3-6-15(8-13)14(16)12-5-7-19-9-12/h5,7,9,11,13H,3-4,6,8,10H2,1-2H3/t13-/m1/s1. The maximum absolute atomic E-state index is 12.3. The van der Waals surface area contributed by atoms with Crippen LogP contribution in [0.4, 0.5) is 0 Å². The number of carbonyl (C=O) groups excluding carboxylic acids is 1. The lowest BCUT2D eigenvalue weighted by Crippen LogP contribution is -2.46. The average Bonchev–Trinajstić information content (AvgIpc) is 2.90. The number of rotatable bonds is 4. The number of nitrogens with zero attached hydrogens (tertiary/aromatic N) is 1. The lowest BCUT2D eigenvalue weighted by Gasteiger charge is -2.32. The predicted octanol–water partition coefficient (Wildman–Crippen LogP) is 2.42. The van der Waals surface area contributed by atoms with Gasteiger partial charge < -0.3 is 4.90 Å². The topological polar surface area (TPSA) is 54.5 Å². The molecule has 0 bridgehead atoms. The minimum Gasteiger partial charge on any atom is -0.337 e. The van der Waals surface area contributed by atoms with Gasteiger partial charge in [-0.2, -0.15) is 11.3 Å². The lowest BCUT2D eigenvalue weighted by atomic mass is 10.1. The number of sulfone groups is 1. The Balaban J connectivity index is 2.07. The molecule has 1 saturated heterocycles. The summed E-state index contributed by atoms with van der Waals surface area (Å²) in [5.74, 6) is 0.289. The SMILES string of the molecule is CC(C)CS(=O)(=O)[C@@H]1CCCN(C(=O)c2ccsc2)C1. The summed E-state index contributed by atoms with van der Waals surface area (Å²) in [5.41, 5.74) is 0.664. The lowest BCUT2D eigenvalue weighted by molar-refractivity contribution is 0.0727. The second-order valence-corrected chi connectivity index (χ2v) is 8.86. The van der Waals surface area contributed by atoms with Crippen molar-refractivity contribution < 1.29 is 13.2 Å². The molecule has 1 fully saturated rings. The Hall–Kier alpha value is -0.880. The molecule has 1 amide bonds. The van der Waals surface area contributed by atoms with E-state index in [1.165, 1.54) is 11.3 Å². The van der Waals surface area contributed by atoms with Crippen molar-refractivity contribution in [3.05, 3.63) is 22.4 Å². The van der Waals surface area contributed by atoms with E-state index in [9.17, 15) is 13.2 Å². The monoisotopic (exact) mass is 315 g/mol. The average molecular weight is 315 g/mol. The molecule has 6 heteroatoms. The summed E-state index contributed by atoms with van der Waals surface area (Å²) in [5, 5.41) is 3.28. The summed E-state index contributed by atoms with van der Waals surface area (Å²) in [6.45, 7) is 4.81. The van der Waals surface area contributed by atoms with Gasteiger partial charge in [0.2, 0.25) is 0 Å². The summed E-state index contributed by atoms with van der Waals surface area (Å²) in [6, 6.07) is 1.79. The van der Waals surface area contributed by atoms with Crippen LogP contribution < -0.4 is 0 Å². The van der Waals surface area contributed by atoms with E-state index in [1.807, 2.05) is 24.6 Å². The van der Waals surface area contributed by atoms with Gasteiger partial charge in [0.15, 0.2) is 9.84 Å². The zero-order chi connectivity index (χ0) is 14.8. The molecule has 0 N–H and O–H groups in total. The Morgan fingerprint density at radius 3 is 2.85 bits per heavy atom. The van der Waals surface area contributed by atoms with Gasteiger partial charge in [0, 0.05) is 18.5 Å². The second kappa shape index (κ2) is 6.26. The Kier molecular flexibility index (Phi) is 4.86. The third-order valence-corrected chi connectivity index (χ3v) is 6.72. The largest absolute Gasteiger partial charge is 0.337 e. The fourth-order valence-corrected chi connectivity index (χ4v) is 5.35. The Morgan fingerprint density at radius 2 is 2.25 bits per heavy atom. The molecule has 1 aromatic heterocycles. The molecular weight excluding hydrogens is 294 g/mol. The minimum absolute atomic E-state index is 0.0457. The first-order chi connectivity index (χ1) is 9.40. The molecule has 1 aromatic rings. The molecule has 2 heterocycles. The highest BCUT2D eigenvalue weighted by Gasteiger charge is 2.33. The molecule has 2 rings (SSSR count). The van der Waals surface area contributed by atoms with E-state index in [0.29, 0.717) is 25.1 Å². The first-order valence-electron chi connectivity index (χ1n) is 6.93. The van der Waals surface area contributed by atoms with Crippen LogP contribution in [0.5, 0.6) is 0 Å². The first kappa shape index (κ1) is 15.5. The van der Waals surface area contributed by atoms with E-state index in [2.05, 4.69) is 0 Å². The van der Waals surface area contributed by atoms with Crippen LogP contribution in [0.15, 0.2) is 16.8 Å². The zero-order valence-corrected chi connectivity index (χ0v) is 13.5. The number of hydrogen-bond acceptors (Lipinski definition) is 4. The molecular formula is C14H21NO3S2. The smallest absolute Gasteiger partial charge is 0.254 e. The number of amides is 1. The molecule has 4 nitrogen and oxygen atoms in total. The van der Waals surface area contributed by atoms with Crippen molar-refractivity contribution in [1.29, 1.82) is 0 Å². The maximum Gasteiger partial charge on any atom is 0.254 e. The van der Waals surface area contributed by atoms with Crippen molar-refractivity contribution in [1.82, 2.24) is 4.90 Å². The molecule has 1 atom stereocenters. The van der Waals surface area contributed by atoms with E-state index in [0.717, 1.165) is 6.42 Å². The Bertz CT molecular complexity index is 549. The highest BCUT2D eigenvalue weighted by Crippen LogP contribution is 2.21. The molecule has 1 aliphatic rings. The van der Waals surface area contributed by atoms with Crippen molar-refractivity contribution in [3.63, 3.8) is 0 Å². The fraction of sp³-hybridized carbons (Fsp3) is 0.643. The molecule has 0 radical (unpaired) electrons. The molecule has 0 unspecified atom stereocenters. The number of thiophene rings is 1. The van der Waals surface area contributed by atoms with Crippen LogP contribution in [0.2, 0.25) is 0 Å². The van der Waals surface area contributed by atoms with Crippen LogP contribution in [0.25, 0.3) is 0 Å². The van der Waals surface area contributed by atoms with Gasteiger partial charge in [0.05, 0.1) is 16.6 Å². The highest BCUT2D eigenvalue weighted by atomic mass is 32.2. The summed E-state index contributed by atoms with van der Waals surface area (Å²) in [7, 11) is -3.11. The van der Waals surface area contributed by atoms with Gasteiger partial charge in [-0.1, -0.05) is 13.8 Å². The minimum atomic E-state index is -3.11. The van der Waals surface area contributed by atoms with Crippen LogP contribution in [0.3, 0.4) is 0 Å². The van der Waals surface area contributed by atoms with Crippen LogP contribution in [0, 0.1) is 5.92 Å². The quantitative estimate of drug-likeness (QED) is 0.857. The van der Waals surface area contributed by atoms with Crippen LogP contribution >= 0.6 is 11.3 Å². The van der Waals surface area contributed by atoms with E-state index >= 15 is 0 Å². The van der Waals surface area contributed by atoms with Gasteiger partial charge in [0.1, 0.15) is 0 Å². The van der Waals surface area contributed by atoms with Gasteiger partial charge in [0.25, 0.3) is 5.91 Å². The number of carbonyl (C=O) groups is 1. The third kappa shape index (κ3) is 3.61. The summed E-state index contributed by atoms with van der Waals surface area (Å²) in [4.78, 5) is 14.0. The predicted molar refractivity (Wildman–Crippen MR) is 81.9 cm³/mol. The summed E-state index contributed by atoms with van der Waals surface area (Å²) in [6.07, 6.45) is 1.43. The number of hydrogen-bond donors (Lipinski definition) is 0. The van der Waals surface area contributed by atoms with Crippen LogP contribution in [-0.4, -0.2) is 43.3 Å². The molecule has 0 spiro atoms. The highest BCUT2D eigenvalue weighted by molar-refractivity contribution is 7.92. The van der Waals surface area contributed by atoms with Gasteiger partial charge >= 0.3 is 0 Å². The molecule has 1 aliphatic heterocycles. The van der Waals surface area contributed by atoms with Crippen molar-refractivity contribution >= 4 is 27.1 Å². The Labute approximate surface area is 124 Å². The molecule has 20 heavy (non-hydrogen) atoms. The van der Waals surface area contributed by atoms with Crippen LogP contribution in [-0.2, 0) is 9.84 Å². The van der Waals surface area contributed by atoms with Crippen molar-refractivity contribution in [3.8, 4) is 0 Å². The molecule has 0 aromatic carbocycles. The zero-order valence-electron chi connectivity index (χ0n) is 11.9. The Morgan fingerprint density at radius 1 is 1.50 bits per heavy atom. The van der Waals surface area contributed by atoms with Crippen LogP contribution in [0.1, 0.15) is 37.0 Å². The van der Waals surface area contributed by atoms with Gasteiger partial charge in [-0.25, -0.2) is 8.42 Å². The molecule has 112 valence electrons. The van der Waals surface area contributed by atoms with Gasteiger partial charge in [-0.3, -0.25) is 4.79 Å². The van der Waals surface area contributed by atoms with Crippen molar-refractivity contribution in [2.24, 2.45) is 5.92 Å². The fourth-order valence-electron chi connectivity index (χ4n) is 2.59. The van der Waals surface area contributed by atoms with Crippen molar-refractivity contribution in [2.75, 3.05) is 18.8 Å². The second-order valence-electron chi connectivity index (χ2n) is 5.75. The van der Waals surface area contributed by atoms with Gasteiger partial charge in [-0.15, -0.1) is 0 Å². The van der Waals surface area contributed by atoms with E-state index in [1.54, 1.807) is 11.0 Å². The maximum atomic E-state index is 12.3.